The molecule has 3 nitrogen and oxygen atoms in total. The van der Waals surface area contributed by atoms with Crippen LogP contribution in [0.3, 0.4) is 0 Å². The van der Waals surface area contributed by atoms with E-state index in [4.69, 9.17) is 5.73 Å². The van der Waals surface area contributed by atoms with Gasteiger partial charge in [-0.3, -0.25) is 0 Å². The summed E-state index contributed by atoms with van der Waals surface area (Å²) in [7, 11) is 0. The molecule has 0 aliphatic heterocycles. The van der Waals surface area contributed by atoms with Crippen LogP contribution in [0.1, 0.15) is 44.4 Å². The van der Waals surface area contributed by atoms with Crippen LogP contribution in [0.4, 0.5) is 5.82 Å². The third-order valence-electron chi connectivity index (χ3n) is 2.34. The molecule has 0 atom stereocenters. The highest BCUT2D eigenvalue weighted by molar-refractivity contribution is 5.41. The third-order valence-corrected chi connectivity index (χ3v) is 2.34. The predicted molar refractivity (Wildman–Crippen MR) is 59.1 cm³/mol. The maximum absolute atomic E-state index is 5.83. The number of anilines is 1. The molecule has 78 valence electrons. The average Bonchev–Trinajstić information content (AvgIpc) is 2.19. The van der Waals surface area contributed by atoms with Crippen LogP contribution in [0.15, 0.2) is 6.33 Å². The second-order valence-corrected chi connectivity index (χ2v) is 3.54. The number of unbranched alkanes of at least 4 members (excludes halogenated alkanes) is 1. The fraction of sp³-hybridized carbons (Fsp3) is 0.636. The third kappa shape index (κ3) is 2.69. The molecule has 1 rings (SSSR count). The molecular weight excluding hydrogens is 174 g/mol. The van der Waals surface area contributed by atoms with Gasteiger partial charge in [0.25, 0.3) is 0 Å². The Hall–Kier alpha value is -1.12. The molecule has 0 aliphatic rings. The van der Waals surface area contributed by atoms with E-state index in [2.05, 4.69) is 23.8 Å². The summed E-state index contributed by atoms with van der Waals surface area (Å²) in [6.07, 6.45) is 7.04. The van der Waals surface area contributed by atoms with Crippen LogP contribution < -0.4 is 5.73 Å². The number of nitrogen functional groups attached to an aromatic ring is 1. The summed E-state index contributed by atoms with van der Waals surface area (Å²) < 4.78 is 0. The summed E-state index contributed by atoms with van der Waals surface area (Å²) in [6, 6.07) is 0. The summed E-state index contributed by atoms with van der Waals surface area (Å²) >= 11 is 0. The van der Waals surface area contributed by atoms with Gasteiger partial charge in [-0.05, 0) is 19.3 Å². The highest BCUT2D eigenvalue weighted by Crippen LogP contribution is 2.16. The number of nitrogens with two attached hydrogens (primary N) is 1. The van der Waals surface area contributed by atoms with Gasteiger partial charge in [-0.15, -0.1) is 0 Å². The minimum atomic E-state index is 0.660. The highest BCUT2D eigenvalue weighted by atomic mass is 14.9. The number of rotatable bonds is 5. The van der Waals surface area contributed by atoms with E-state index in [9.17, 15) is 0 Å². The summed E-state index contributed by atoms with van der Waals surface area (Å²) in [6.45, 7) is 4.33. The van der Waals surface area contributed by atoms with E-state index in [1.165, 1.54) is 12.8 Å². The van der Waals surface area contributed by atoms with Crippen molar-refractivity contribution in [3.63, 3.8) is 0 Å². The standard InChI is InChI=1S/C11H19N3/c1-3-5-7-10-9(6-4-2)11(12)14-8-13-10/h8H,3-7H2,1-2H3,(H2,12,13,14). The van der Waals surface area contributed by atoms with Crippen LogP contribution in [-0.2, 0) is 12.8 Å². The number of aromatic nitrogens is 2. The molecule has 0 saturated heterocycles. The fourth-order valence-electron chi connectivity index (χ4n) is 1.55. The Morgan fingerprint density at radius 1 is 1.14 bits per heavy atom. The lowest BCUT2D eigenvalue weighted by atomic mass is 10.1. The van der Waals surface area contributed by atoms with Crippen LogP contribution in [0.25, 0.3) is 0 Å². The lowest BCUT2D eigenvalue weighted by Gasteiger charge is -2.08. The van der Waals surface area contributed by atoms with Gasteiger partial charge in [0.15, 0.2) is 0 Å². The first-order chi connectivity index (χ1) is 6.79. The molecule has 1 aromatic heterocycles. The van der Waals surface area contributed by atoms with Gasteiger partial charge in [0.1, 0.15) is 12.1 Å². The Morgan fingerprint density at radius 2 is 1.93 bits per heavy atom. The molecule has 14 heavy (non-hydrogen) atoms. The highest BCUT2D eigenvalue weighted by Gasteiger charge is 2.07. The maximum Gasteiger partial charge on any atom is 0.130 e. The van der Waals surface area contributed by atoms with Crippen molar-refractivity contribution in [1.29, 1.82) is 0 Å². The first-order valence-corrected chi connectivity index (χ1v) is 5.37. The largest absolute Gasteiger partial charge is 0.383 e. The minimum absolute atomic E-state index is 0.660. The van der Waals surface area contributed by atoms with Crippen molar-refractivity contribution >= 4 is 5.82 Å². The average molecular weight is 193 g/mol. The predicted octanol–water partition coefficient (Wildman–Crippen LogP) is 2.35. The van der Waals surface area contributed by atoms with Gasteiger partial charge >= 0.3 is 0 Å². The van der Waals surface area contributed by atoms with E-state index < -0.39 is 0 Å². The molecule has 3 heteroatoms. The zero-order chi connectivity index (χ0) is 10.4. The van der Waals surface area contributed by atoms with Crippen molar-refractivity contribution in [3.8, 4) is 0 Å². The molecule has 2 N–H and O–H groups in total. The van der Waals surface area contributed by atoms with Gasteiger partial charge in [-0.1, -0.05) is 26.7 Å². The Balaban J connectivity index is 2.83. The van der Waals surface area contributed by atoms with Gasteiger partial charge in [-0.2, -0.15) is 0 Å². The smallest absolute Gasteiger partial charge is 0.130 e. The molecule has 1 aromatic rings. The monoisotopic (exact) mass is 193 g/mol. The minimum Gasteiger partial charge on any atom is -0.383 e. The summed E-state index contributed by atoms with van der Waals surface area (Å²) in [4.78, 5) is 8.34. The lowest BCUT2D eigenvalue weighted by Crippen LogP contribution is -2.05. The zero-order valence-corrected chi connectivity index (χ0v) is 9.08. The summed E-state index contributed by atoms with van der Waals surface area (Å²) in [5.74, 6) is 0.660. The van der Waals surface area contributed by atoms with Crippen LogP contribution >= 0.6 is 0 Å². The van der Waals surface area contributed by atoms with E-state index >= 15 is 0 Å². The van der Waals surface area contributed by atoms with Crippen LogP contribution in [0, 0.1) is 0 Å². The fourth-order valence-corrected chi connectivity index (χ4v) is 1.55. The lowest BCUT2D eigenvalue weighted by molar-refractivity contribution is 0.754. The van der Waals surface area contributed by atoms with E-state index in [1.807, 2.05) is 0 Å². The number of hydrogen-bond acceptors (Lipinski definition) is 3. The van der Waals surface area contributed by atoms with E-state index in [0.29, 0.717) is 5.82 Å². The van der Waals surface area contributed by atoms with Gasteiger partial charge in [0.05, 0.1) is 0 Å². The number of nitrogens with zero attached hydrogens (tertiary/aromatic N) is 2. The van der Waals surface area contributed by atoms with Crippen molar-refractivity contribution in [2.24, 2.45) is 0 Å². The van der Waals surface area contributed by atoms with Gasteiger partial charge in [0, 0.05) is 11.3 Å². The second-order valence-electron chi connectivity index (χ2n) is 3.54. The molecule has 0 amide bonds. The quantitative estimate of drug-likeness (QED) is 0.781. The normalized spacial score (nSPS) is 10.4. The molecule has 0 bridgehead atoms. The van der Waals surface area contributed by atoms with E-state index in [1.54, 1.807) is 6.33 Å². The van der Waals surface area contributed by atoms with Crippen molar-refractivity contribution in [2.75, 3.05) is 5.73 Å². The maximum atomic E-state index is 5.83. The first kappa shape index (κ1) is 11.0. The summed E-state index contributed by atoms with van der Waals surface area (Å²) in [5.41, 5.74) is 8.12. The summed E-state index contributed by atoms with van der Waals surface area (Å²) in [5, 5.41) is 0. The topological polar surface area (TPSA) is 51.8 Å². The second kappa shape index (κ2) is 5.58. The molecule has 0 aliphatic carbocycles. The molecule has 0 aromatic carbocycles. The van der Waals surface area contributed by atoms with Gasteiger partial charge in [0.2, 0.25) is 0 Å². The van der Waals surface area contributed by atoms with Crippen LogP contribution in [0.5, 0.6) is 0 Å². The Kier molecular flexibility index (Phi) is 4.36. The molecule has 1 heterocycles. The first-order valence-electron chi connectivity index (χ1n) is 5.37. The van der Waals surface area contributed by atoms with Crippen LogP contribution in [0.2, 0.25) is 0 Å². The molecule has 0 radical (unpaired) electrons. The van der Waals surface area contributed by atoms with E-state index in [-0.39, 0.29) is 0 Å². The van der Waals surface area contributed by atoms with Crippen LogP contribution in [-0.4, -0.2) is 9.97 Å². The SMILES string of the molecule is CCCCc1ncnc(N)c1CCC. The Bertz CT molecular complexity index is 284. The van der Waals surface area contributed by atoms with Gasteiger partial charge < -0.3 is 5.73 Å². The molecule has 0 fully saturated rings. The molecule has 0 saturated carbocycles. The van der Waals surface area contributed by atoms with Crippen molar-refractivity contribution in [3.05, 3.63) is 17.6 Å². The number of hydrogen-bond donors (Lipinski definition) is 1. The van der Waals surface area contributed by atoms with Crippen molar-refractivity contribution in [2.45, 2.75) is 46.0 Å². The molecule has 0 unspecified atom stereocenters. The molecular formula is C11H19N3. The Labute approximate surface area is 85.8 Å². The number of aryl methyl sites for hydroxylation is 1. The van der Waals surface area contributed by atoms with Crippen molar-refractivity contribution in [1.82, 2.24) is 9.97 Å². The molecule has 0 spiro atoms. The van der Waals surface area contributed by atoms with E-state index in [0.717, 1.165) is 30.5 Å². The van der Waals surface area contributed by atoms with Crippen molar-refractivity contribution < 1.29 is 0 Å². The Morgan fingerprint density at radius 3 is 2.57 bits per heavy atom. The zero-order valence-electron chi connectivity index (χ0n) is 9.08. The van der Waals surface area contributed by atoms with Gasteiger partial charge in [-0.25, -0.2) is 9.97 Å².